The zero-order valence-electron chi connectivity index (χ0n) is 14.3. The van der Waals surface area contributed by atoms with Gasteiger partial charge in [-0.2, -0.15) is 4.31 Å². The molecule has 2 aromatic carbocycles. The number of nitrogens with one attached hydrogen (secondary N) is 1. The molecule has 9 heteroatoms. The van der Waals surface area contributed by atoms with E-state index in [1.54, 1.807) is 12.1 Å². The molecular formula is C18H18ClFN2O4S. The van der Waals surface area contributed by atoms with Gasteiger partial charge >= 0.3 is 0 Å². The number of morpholine rings is 1. The second kappa shape index (κ2) is 8.35. The fourth-order valence-corrected chi connectivity index (χ4v) is 4.63. The Labute approximate surface area is 161 Å². The maximum atomic E-state index is 13.7. The van der Waals surface area contributed by atoms with Gasteiger partial charge in [-0.25, -0.2) is 12.8 Å². The highest BCUT2D eigenvalue weighted by Crippen LogP contribution is 2.28. The Balaban J connectivity index is 1.79. The first-order valence-electron chi connectivity index (χ1n) is 8.28. The number of halogens is 2. The first-order chi connectivity index (χ1) is 12.9. The minimum Gasteiger partial charge on any atom is -0.379 e. The van der Waals surface area contributed by atoms with Crippen LogP contribution >= 0.6 is 11.6 Å². The van der Waals surface area contributed by atoms with E-state index in [1.165, 1.54) is 34.6 Å². The van der Waals surface area contributed by atoms with E-state index in [9.17, 15) is 17.6 Å². The monoisotopic (exact) mass is 412 g/mol. The van der Waals surface area contributed by atoms with Gasteiger partial charge in [-0.3, -0.25) is 4.79 Å². The van der Waals surface area contributed by atoms with Crippen molar-refractivity contribution in [3.8, 4) is 0 Å². The third-order valence-corrected chi connectivity index (χ3v) is 6.49. The highest BCUT2D eigenvalue weighted by Gasteiger charge is 2.28. The number of carbonyl (C=O) groups is 1. The molecule has 0 saturated carbocycles. The molecule has 3 rings (SSSR count). The Bertz CT molecular complexity index is 946. The number of sulfonamides is 1. The van der Waals surface area contributed by atoms with Gasteiger partial charge in [0.25, 0.3) is 0 Å². The Kier molecular flexibility index (Phi) is 6.11. The lowest BCUT2D eigenvalue weighted by Crippen LogP contribution is -2.40. The third kappa shape index (κ3) is 4.65. The fourth-order valence-electron chi connectivity index (χ4n) is 2.72. The number of benzene rings is 2. The van der Waals surface area contributed by atoms with E-state index in [0.717, 1.165) is 0 Å². The Hall–Kier alpha value is -2.00. The van der Waals surface area contributed by atoms with Gasteiger partial charge in [0, 0.05) is 18.8 Å². The summed E-state index contributed by atoms with van der Waals surface area (Å²) in [6, 6.07) is 10.2. The SMILES string of the molecule is O=C(Cc1ccccc1F)Nc1ccc(Cl)c(S(=O)(=O)N2CCOCC2)c1. The van der Waals surface area contributed by atoms with Crippen molar-refractivity contribution < 1.29 is 22.3 Å². The number of carbonyl (C=O) groups excluding carboxylic acids is 1. The predicted molar refractivity (Wildman–Crippen MR) is 99.8 cm³/mol. The number of anilines is 1. The summed E-state index contributed by atoms with van der Waals surface area (Å²) >= 11 is 6.09. The van der Waals surface area contributed by atoms with Crippen LogP contribution in [0.2, 0.25) is 5.02 Å². The van der Waals surface area contributed by atoms with Gasteiger partial charge in [0.15, 0.2) is 0 Å². The van der Waals surface area contributed by atoms with Crippen LogP contribution in [0.15, 0.2) is 47.4 Å². The maximum absolute atomic E-state index is 13.7. The summed E-state index contributed by atoms with van der Waals surface area (Å²) in [4.78, 5) is 12.1. The number of hydrogen-bond acceptors (Lipinski definition) is 4. The van der Waals surface area contributed by atoms with Gasteiger partial charge in [-0.15, -0.1) is 0 Å². The summed E-state index contributed by atoms with van der Waals surface area (Å²) in [7, 11) is -3.81. The van der Waals surface area contributed by atoms with Crippen LogP contribution in [0.1, 0.15) is 5.56 Å². The average Bonchev–Trinajstić information content (AvgIpc) is 2.66. The summed E-state index contributed by atoms with van der Waals surface area (Å²) in [5.74, 6) is -0.934. The number of rotatable bonds is 5. The molecule has 2 aromatic rings. The molecule has 1 saturated heterocycles. The molecule has 0 aliphatic carbocycles. The summed E-state index contributed by atoms with van der Waals surface area (Å²) in [6.07, 6.45) is -0.166. The lowest BCUT2D eigenvalue weighted by Gasteiger charge is -2.26. The zero-order valence-corrected chi connectivity index (χ0v) is 15.9. The molecule has 0 aromatic heterocycles. The van der Waals surface area contributed by atoms with Crippen LogP contribution in [0, 0.1) is 5.82 Å². The standard InChI is InChI=1S/C18H18ClFN2O4S/c19-15-6-5-14(21-18(23)11-13-3-1-2-4-16(13)20)12-17(15)27(24,25)22-7-9-26-10-8-22/h1-6,12H,7-11H2,(H,21,23). The van der Waals surface area contributed by atoms with Crippen LogP contribution in [-0.2, 0) is 26.0 Å². The number of nitrogens with zero attached hydrogens (tertiary/aromatic N) is 1. The van der Waals surface area contributed by atoms with Crippen molar-refractivity contribution in [1.82, 2.24) is 4.31 Å². The van der Waals surface area contributed by atoms with Gasteiger partial charge in [-0.1, -0.05) is 29.8 Å². The first kappa shape index (κ1) is 19.8. The quantitative estimate of drug-likeness (QED) is 0.819. The smallest absolute Gasteiger partial charge is 0.244 e. The summed E-state index contributed by atoms with van der Waals surface area (Å²) in [5, 5.41) is 2.65. The van der Waals surface area contributed by atoms with Crippen molar-refractivity contribution in [2.75, 3.05) is 31.6 Å². The summed E-state index contributed by atoms with van der Waals surface area (Å²) < 4.78 is 45.8. The van der Waals surface area contributed by atoms with Gasteiger partial charge in [0.05, 0.1) is 24.7 Å². The van der Waals surface area contributed by atoms with Crippen LogP contribution in [-0.4, -0.2) is 44.9 Å². The fraction of sp³-hybridized carbons (Fsp3) is 0.278. The Morgan fingerprint density at radius 2 is 1.89 bits per heavy atom. The van der Waals surface area contributed by atoms with Crippen LogP contribution in [0.5, 0.6) is 0 Å². The molecule has 0 radical (unpaired) electrons. The normalized spacial score (nSPS) is 15.5. The zero-order chi connectivity index (χ0) is 19.4. The van der Waals surface area contributed by atoms with E-state index in [1.807, 2.05) is 0 Å². The van der Waals surface area contributed by atoms with Crippen molar-refractivity contribution >= 4 is 33.2 Å². The third-order valence-electron chi connectivity index (χ3n) is 4.11. The van der Waals surface area contributed by atoms with Gasteiger partial charge in [0.2, 0.25) is 15.9 Å². The highest BCUT2D eigenvalue weighted by atomic mass is 35.5. The predicted octanol–water partition coefficient (Wildman–Crippen LogP) is 2.68. The van der Waals surface area contributed by atoms with E-state index >= 15 is 0 Å². The molecule has 1 aliphatic rings. The molecule has 27 heavy (non-hydrogen) atoms. The molecule has 0 atom stereocenters. The lowest BCUT2D eigenvalue weighted by molar-refractivity contribution is -0.115. The minimum atomic E-state index is -3.81. The number of hydrogen-bond donors (Lipinski definition) is 1. The largest absolute Gasteiger partial charge is 0.379 e. The lowest BCUT2D eigenvalue weighted by atomic mass is 10.1. The van der Waals surface area contributed by atoms with Crippen LogP contribution in [0.25, 0.3) is 0 Å². The van der Waals surface area contributed by atoms with E-state index in [2.05, 4.69) is 5.32 Å². The summed E-state index contributed by atoms with van der Waals surface area (Å²) in [5.41, 5.74) is 0.526. The molecule has 0 bridgehead atoms. The van der Waals surface area contributed by atoms with Crippen molar-refractivity contribution in [1.29, 1.82) is 0 Å². The van der Waals surface area contributed by atoms with Crippen molar-refractivity contribution in [2.24, 2.45) is 0 Å². The van der Waals surface area contributed by atoms with E-state index < -0.39 is 21.7 Å². The second-order valence-corrected chi connectivity index (χ2v) is 8.29. The van der Waals surface area contributed by atoms with Crippen molar-refractivity contribution in [3.63, 3.8) is 0 Å². The van der Waals surface area contributed by atoms with E-state index in [-0.39, 0.29) is 40.7 Å². The molecule has 144 valence electrons. The van der Waals surface area contributed by atoms with Gasteiger partial charge in [0.1, 0.15) is 10.7 Å². The minimum absolute atomic E-state index is 0.0635. The van der Waals surface area contributed by atoms with Crippen molar-refractivity contribution in [3.05, 3.63) is 58.9 Å². The van der Waals surface area contributed by atoms with Gasteiger partial charge < -0.3 is 10.1 Å². The molecule has 0 spiro atoms. The Morgan fingerprint density at radius 3 is 2.59 bits per heavy atom. The first-order valence-corrected chi connectivity index (χ1v) is 10.1. The molecule has 0 unspecified atom stereocenters. The molecule has 1 aliphatic heterocycles. The molecule has 6 nitrogen and oxygen atoms in total. The highest BCUT2D eigenvalue weighted by molar-refractivity contribution is 7.89. The molecule has 1 heterocycles. The molecule has 1 N–H and O–H groups in total. The summed E-state index contributed by atoms with van der Waals surface area (Å²) in [6.45, 7) is 1.11. The van der Waals surface area contributed by atoms with Gasteiger partial charge in [-0.05, 0) is 29.8 Å². The molecular weight excluding hydrogens is 395 g/mol. The van der Waals surface area contributed by atoms with Crippen LogP contribution in [0.4, 0.5) is 10.1 Å². The number of ether oxygens (including phenoxy) is 1. The Morgan fingerprint density at radius 1 is 1.19 bits per heavy atom. The molecule has 1 amide bonds. The number of amides is 1. The average molecular weight is 413 g/mol. The van der Waals surface area contributed by atoms with E-state index in [0.29, 0.717) is 13.2 Å². The van der Waals surface area contributed by atoms with Crippen LogP contribution in [0.3, 0.4) is 0 Å². The van der Waals surface area contributed by atoms with E-state index in [4.69, 9.17) is 16.3 Å². The van der Waals surface area contributed by atoms with Crippen LogP contribution < -0.4 is 5.32 Å². The molecule has 1 fully saturated rings. The second-order valence-electron chi connectivity index (χ2n) is 5.98. The maximum Gasteiger partial charge on any atom is 0.244 e. The topological polar surface area (TPSA) is 75.7 Å². The van der Waals surface area contributed by atoms with Crippen molar-refractivity contribution in [2.45, 2.75) is 11.3 Å².